The van der Waals surface area contributed by atoms with Gasteiger partial charge in [0, 0.05) is 23.4 Å². The van der Waals surface area contributed by atoms with E-state index in [1.165, 1.54) is 35.2 Å². The topological polar surface area (TPSA) is 125 Å². The van der Waals surface area contributed by atoms with Gasteiger partial charge in [-0.1, -0.05) is 47.4 Å². The number of halogens is 1. The van der Waals surface area contributed by atoms with Gasteiger partial charge in [-0.25, -0.2) is 4.39 Å². The summed E-state index contributed by atoms with van der Waals surface area (Å²) in [6.07, 6.45) is 1.56. The van der Waals surface area contributed by atoms with E-state index in [0.717, 1.165) is 16.8 Å². The lowest BCUT2D eigenvalue weighted by molar-refractivity contribution is -0.116. The van der Waals surface area contributed by atoms with Gasteiger partial charge >= 0.3 is 0 Å². The minimum Gasteiger partial charge on any atom is -0.384 e. The SMILES string of the molecule is Cc1cccc(NC(=O)CSc2nnc(N3C(N)=C(C#N)C(c4ccc(F)cc4)C4=C3CCCC4=O)s2)c1C. The monoisotopic (exact) mass is 560 g/mol. The summed E-state index contributed by atoms with van der Waals surface area (Å²) in [5.74, 6) is -1.02. The number of Topliss-reactive ketones (excluding diaryl/α,β-unsaturated/α-hetero) is 1. The van der Waals surface area contributed by atoms with Gasteiger partial charge in [0.25, 0.3) is 0 Å². The second kappa shape index (κ2) is 11.0. The zero-order valence-corrected chi connectivity index (χ0v) is 23.0. The molecule has 1 amide bonds. The summed E-state index contributed by atoms with van der Waals surface area (Å²) in [4.78, 5) is 27.4. The van der Waals surface area contributed by atoms with Crippen LogP contribution in [-0.4, -0.2) is 27.6 Å². The number of hydrogen-bond donors (Lipinski definition) is 2. The number of nitrogens with zero attached hydrogens (tertiary/aromatic N) is 4. The van der Waals surface area contributed by atoms with Crippen LogP contribution < -0.4 is 16.0 Å². The maximum atomic E-state index is 13.6. The zero-order chi connectivity index (χ0) is 27.7. The normalized spacial score (nSPS) is 17.2. The minimum atomic E-state index is -0.676. The molecular weight excluding hydrogens is 535 g/mol. The Labute approximate surface area is 233 Å². The molecule has 0 spiro atoms. The molecule has 0 radical (unpaired) electrons. The van der Waals surface area contributed by atoms with Crippen molar-refractivity contribution in [3.63, 3.8) is 0 Å². The lowest BCUT2D eigenvalue weighted by atomic mass is 9.76. The van der Waals surface area contributed by atoms with Gasteiger partial charge < -0.3 is 11.1 Å². The number of anilines is 2. The second-order valence-electron chi connectivity index (χ2n) is 9.30. The van der Waals surface area contributed by atoms with E-state index in [1.54, 1.807) is 17.0 Å². The number of hydrogen-bond acceptors (Lipinski definition) is 9. The van der Waals surface area contributed by atoms with Gasteiger partial charge in [-0.3, -0.25) is 14.5 Å². The average molecular weight is 561 g/mol. The number of ketones is 1. The van der Waals surface area contributed by atoms with Gasteiger partial charge in [0.05, 0.1) is 23.3 Å². The summed E-state index contributed by atoms with van der Waals surface area (Å²) >= 11 is 2.48. The molecule has 5 rings (SSSR count). The molecule has 3 aromatic rings. The Morgan fingerprint density at radius 2 is 2.00 bits per heavy atom. The Bertz CT molecular complexity index is 1570. The molecule has 0 bridgehead atoms. The van der Waals surface area contributed by atoms with Gasteiger partial charge in [-0.15, -0.1) is 10.2 Å². The highest BCUT2D eigenvalue weighted by molar-refractivity contribution is 8.01. The number of carbonyl (C=O) groups excluding carboxylic acids is 2. The highest BCUT2D eigenvalue weighted by Gasteiger charge is 2.41. The standard InChI is InChI=1S/C28H25FN6O2S2/c1-15-5-3-6-20(16(15)2)32-23(37)14-38-28-34-33-27(39-28)35-21-7-4-8-22(36)25(21)24(19(13-30)26(35)31)17-9-11-18(29)12-10-17/h3,5-6,9-12,24H,4,7-8,14,31H2,1-2H3,(H,32,37). The number of carbonyl (C=O) groups is 2. The number of aryl methyl sites for hydroxylation is 1. The Kier molecular flexibility index (Phi) is 7.50. The molecule has 2 aromatic carbocycles. The van der Waals surface area contributed by atoms with E-state index in [-0.39, 0.29) is 28.8 Å². The third-order valence-electron chi connectivity index (χ3n) is 6.91. The van der Waals surface area contributed by atoms with Crippen LogP contribution in [0.4, 0.5) is 15.2 Å². The summed E-state index contributed by atoms with van der Waals surface area (Å²) in [6.45, 7) is 3.95. The van der Waals surface area contributed by atoms with Crippen LogP contribution in [0.3, 0.4) is 0 Å². The summed E-state index contributed by atoms with van der Waals surface area (Å²) in [5, 5.41) is 22.0. The fraction of sp³-hybridized carbons (Fsp3) is 0.250. The molecular formula is C28H25FN6O2S2. The largest absolute Gasteiger partial charge is 0.384 e. The first kappa shape index (κ1) is 26.6. The third kappa shape index (κ3) is 5.17. The van der Waals surface area contributed by atoms with Gasteiger partial charge in [0.2, 0.25) is 11.0 Å². The smallest absolute Gasteiger partial charge is 0.234 e. The molecule has 1 atom stereocenters. The maximum Gasteiger partial charge on any atom is 0.234 e. The van der Waals surface area contributed by atoms with Crippen LogP contribution in [-0.2, 0) is 9.59 Å². The Balaban J connectivity index is 1.41. The molecule has 2 aliphatic rings. The summed E-state index contributed by atoms with van der Waals surface area (Å²) in [7, 11) is 0. The van der Waals surface area contributed by atoms with Gasteiger partial charge in [-0.2, -0.15) is 5.26 Å². The minimum absolute atomic E-state index is 0.0712. The van der Waals surface area contributed by atoms with E-state index in [4.69, 9.17) is 5.73 Å². The molecule has 39 heavy (non-hydrogen) atoms. The Morgan fingerprint density at radius 3 is 2.74 bits per heavy atom. The average Bonchev–Trinajstić information content (AvgIpc) is 3.38. The van der Waals surface area contributed by atoms with E-state index in [0.29, 0.717) is 45.6 Å². The summed E-state index contributed by atoms with van der Waals surface area (Å²) in [5.41, 5.74) is 11.4. The molecule has 1 aliphatic heterocycles. The number of thioether (sulfide) groups is 1. The predicted molar refractivity (Wildman–Crippen MR) is 150 cm³/mol. The number of rotatable bonds is 6. The number of amides is 1. The third-order valence-corrected chi connectivity index (χ3v) is 8.95. The fourth-order valence-electron chi connectivity index (χ4n) is 4.84. The van der Waals surface area contributed by atoms with Crippen LogP contribution in [0.5, 0.6) is 0 Å². The molecule has 11 heteroatoms. The molecule has 0 saturated heterocycles. The van der Waals surface area contributed by atoms with Crippen molar-refractivity contribution in [3.8, 4) is 6.07 Å². The number of nitrogens with one attached hydrogen (secondary N) is 1. The van der Waals surface area contributed by atoms with Crippen LogP contribution in [0.2, 0.25) is 0 Å². The van der Waals surface area contributed by atoms with E-state index >= 15 is 0 Å². The van der Waals surface area contributed by atoms with Gasteiger partial charge in [0.15, 0.2) is 10.1 Å². The molecule has 1 aromatic heterocycles. The van der Waals surface area contributed by atoms with Crippen molar-refractivity contribution in [3.05, 3.63) is 87.6 Å². The second-order valence-corrected chi connectivity index (χ2v) is 11.5. The quantitative estimate of drug-likeness (QED) is 0.388. The van der Waals surface area contributed by atoms with Gasteiger partial charge in [0.1, 0.15) is 11.6 Å². The summed E-state index contributed by atoms with van der Waals surface area (Å²) in [6, 6.07) is 13.7. The zero-order valence-electron chi connectivity index (χ0n) is 21.3. The maximum absolute atomic E-state index is 13.6. The number of allylic oxidation sites excluding steroid dienone is 3. The van der Waals surface area contributed by atoms with E-state index in [2.05, 4.69) is 21.6 Å². The van der Waals surface area contributed by atoms with Crippen molar-refractivity contribution in [2.45, 2.75) is 43.4 Å². The highest BCUT2D eigenvalue weighted by atomic mass is 32.2. The van der Waals surface area contributed by atoms with E-state index < -0.39 is 11.7 Å². The lowest BCUT2D eigenvalue weighted by Gasteiger charge is -2.38. The number of aromatic nitrogens is 2. The lowest BCUT2D eigenvalue weighted by Crippen LogP contribution is -2.38. The number of benzene rings is 2. The van der Waals surface area contributed by atoms with Crippen molar-refractivity contribution < 1.29 is 14.0 Å². The van der Waals surface area contributed by atoms with Crippen molar-refractivity contribution >= 4 is 45.6 Å². The highest BCUT2D eigenvalue weighted by Crippen LogP contribution is 2.47. The van der Waals surface area contributed by atoms with E-state index in [1.807, 2.05) is 32.0 Å². The molecule has 8 nitrogen and oxygen atoms in total. The Hall–Kier alpha value is -4.01. The first-order valence-corrected chi connectivity index (χ1v) is 14.1. The van der Waals surface area contributed by atoms with E-state index in [9.17, 15) is 19.2 Å². The van der Waals surface area contributed by atoms with Gasteiger partial charge in [-0.05, 0) is 61.6 Å². The van der Waals surface area contributed by atoms with Crippen LogP contribution in [0.15, 0.2) is 69.5 Å². The molecule has 0 fully saturated rings. The Morgan fingerprint density at radius 1 is 1.23 bits per heavy atom. The van der Waals surface area contributed by atoms with Crippen molar-refractivity contribution in [1.29, 1.82) is 5.26 Å². The van der Waals surface area contributed by atoms with Crippen molar-refractivity contribution in [2.75, 3.05) is 16.0 Å². The molecule has 198 valence electrons. The molecule has 1 aliphatic carbocycles. The van der Waals surface area contributed by atoms with Crippen molar-refractivity contribution in [1.82, 2.24) is 10.2 Å². The molecule has 2 heterocycles. The first-order chi connectivity index (χ1) is 18.8. The first-order valence-electron chi connectivity index (χ1n) is 12.3. The number of nitrogens with two attached hydrogens (primary N) is 1. The molecule has 0 saturated carbocycles. The predicted octanol–water partition coefficient (Wildman–Crippen LogP) is 5.33. The van der Waals surface area contributed by atoms with Crippen LogP contribution in [0.25, 0.3) is 0 Å². The number of nitriles is 1. The molecule has 3 N–H and O–H groups in total. The van der Waals surface area contributed by atoms with Crippen LogP contribution in [0, 0.1) is 31.0 Å². The molecule has 1 unspecified atom stereocenters. The van der Waals surface area contributed by atoms with Crippen molar-refractivity contribution in [2.24, 2.45) is 5.73 Å². The van der Waals surface area contributed by atoms with Crippen LogP contribution >= 0.6 is 23.1 Å². The fourth-order valence-corrected chi connectivity index (χ4v) is 6.53. The van der Waals surface area contributed by atoms with Crippen LogP contribution in [0.1, 0.15) is 41.9 Å². The summed E-state index contributed by atoms with van der Waals surface area (Å²) < 4.78 is 14.2.